The quantitative estimate of drug-likeness (QED) is 0.618. The minimum atomic E-state index is -0.0828. The van der Waals surface area contributed by atoms with E-state index in [4.69, 9.17) is 9.26 Å². The Morgan fingerprint density at radius 2 is 2.04 bits per heavy atom. The molecule has 0 saturated carbocycles. The lowest BCUT2D eigenvalue weighted by Gasteiger charge is -2.11. The average molecular weight is 360 g/mol. The molecule has 0 radical (unpaired) electrons. The van der Waals surface area contributed by atoms with E-state index in [0.717, 1.165) is 11.3 Å². The van der Waals surface area contributed by atoms with E-state index < -0.39 is 0 Å². The van der Waals surface area contributed by atoms with Crippen LogP contribution in [0.15, 0.2) is 27.9 Å². The number of tetrazole rings is 1. The molecule has 0 bridgehead atoms. The standard InChI is InChI=1S/C16H20N6O2S/c1-9(2)14-17-15(24-19-14)11(4)25-16-18-20-21-22(16)12-8-10(3)6-7-13(12)23-5/h6-9,11H,1-5H3. The van der Waals surface area contributed by atoms with E-state index in [2.05, 4.69) is 25.7 Å². The number of thioether (sulfide) groups is 1. The van der Waals surface area contributed by atoms with E-state index in [1.165, 1.54) is 11.8 Å². The Bertz CT molecular complexity index is 860. The van der Waals surface area contributed by atoms with Gasteiger partial charge < -0.3 is 9.26 Å². The molecule has 0 aliphatic carbocycles. The van der Waals surface area contributed by atoms with Gasteiger partial charge in [-0.2, -0.15) is 9.67 Å². The third-order valence-corrected chi connectivity index (χ3v) is 4.63. The van der Waals surface area contributed by atoms with Crippen molar-refractivity contribution in [3.05, 3.63) is 35.5 Å². The van der Waals surface area contributed by atoms with Crippen molar-refractivity contribution in [1.29, 1.82) is 0 Å². The van der Waals surface area contributed by atoms with Crippen LogP contribution in [-0.2, 0) is 0 Å². The summed E-state index contributed by atoms with van der Waals surface area (Å²) in [5, 5.41) is 16.6. The monoisotopic (exact) mass is 360 g/mol. The van der Waals surface area contributed by atoms with Gasteiger partial charge in [0.05, 0.1) is 12.4 Å². The molecule has 0 aliphatic heterocycles. The van der Waals surface area contributed by atoms with Crippen LogP contribution in [-0.4, -0.2) is 37.5 Å². The van der Waals surface area contributed by atoms with E-state index in [0.29, 0.717) is 22.6 Å². The first-order valence-electron chi connectivity index (χ1n) is 7.93. The summed E-state index contributed by atoms with van der Waals surface area (Å²) in [5.74, 6) is 2.17. The van der Waals surface area contributed by atoms with Crippen molar-refractivity contribution in [2.75, 3.05) is 7.11 Å². The highest BCUT2D eigenvalue weighted by atomic mass is 32.2. The van der Waals surface area contributed by atoms with E-state index in [-0.39, 0.29) is 11.2 Å². The third kappa shape index (κ3) is 3.65. The Morgan fingerprint density at radius 3 is 2.72 bits per heavy atom. The highest BCUT2D eigenvalue weighted by Crippen LogP contribution is 2.35. The number of methoxy groups -OCH3 is 1. The van der Waals surface area contributed by atoms with Crippen molar-refractivity contribution >= 4 is 11.8 Å². The second-order valence-corrected chi connectivity index (χ2v) is 7.26. The Hall–Kier alpha value is -2.42. The molecular weight excluding hydrogens is 340 g/mol. The second kappa shape index (κ2) is 7.22. The van der Waals surface area contributed by atoms with Crippen LogP contribution in [0.5, 0.6) is 5.75 Å². The molecule has 9 heteroatoms. The Morgan fingerprint density at radius 1 is 1.24 bits per heavy atom. The lowest BCUT2D eigenvalue weighted by Crippen LogP contribution is -2.03. The zero-order chi connectivity index (χ0) is 18.0. The smallest absolute Gasteiger partial charge is 0.239 e. The van der Waals surface area contributed by atoms with Gasteiger partial charge in [0.25, 0.3) is 0 Å². The lowest BCUT2D eigenvalue weighted by atomic mass is 10.2. The predicted molar refractivity (Wildman–Crippen MR) is 93.1 cm³/mol. The van der Waals surface area contributed by atoms with Gasteiger partial charge in [0.2, 0.25) is 11.0 Å². The lowest BCUT2D eigenvalue weighted by molar-refractivity contribution is 0.373. The Labute approximate surface area is 150 Å². The van der Waals surface area contributed by atoms with Gasteiger partial charge in [-0.15, -0.1) is 5.10 Å². The number of aryl methyl sites for hydroxylation is 1. The fourth-order valence-corrected chi connectivity index (χ4v) is 3.06. The molecule has 3 aromatic rings. The molecule has 0 spiro atoms. The maximum absolute atomic E-state index is 5.43. The zero-order valence-corrected chi connectivity index (χ0v) is 15.6. The first-order valence-corrected chi connectivity index (χ1v) is 8.81. The minimum absolute atomic E-state index is 0.0828. The molecule has 1 aromatic carbocycles. The third-order valence-electron chi connectivity index (χ3n) is 3.61. The van der Waals surface area contributed by atoms with Crippen LogP contribution in [0.3, 0.4) is 0 Å². The van der Waals surface area contributed by atoms with Gasteiger partial charge in [-0.1, -0.05) is 36.8 Å². The molecule has 0 aliphatic rings. The number of aromatic nitrogens is 6. The number of hydrogen-bond acceptors (Lipinski definition) is 8. The molecule has 0 fully saturated rings. The molecule has 8 nitrogen and oxygen atoms in total. The summed E-state index contributed by atoms with van der Waals surface area (Å²) in [4.78, 5) is 4.44. The highest BCUT2D eigenvalue weighted by Gasteiger charge is 2.21. The van der Waals surface area contributed by atoms with Crippen molar-refractivity contribution in [2.45, 2.75) is 44.0 Å². The van der Waals surface area contributed by atoms with Crippen molar-refractivity contribution in [1.82, 2.24) is 30.3 Å². The molecule has 2 heterocycles. The molecule has 0 saturated heterocycles. The van der Waals surface area contributed by atoms with E-state index in [9.17, 15) is 0 Å². The maximum Gasteiger partial charge on any atom is 0.239 e. The van der Waals surface area contributed by atoms with Crippen LogP contribution in [0.25, 0.3) is 5.69 Å². The van der Waals surface area contributed by atoms with Crippen LogP contribution in [0.2, 0.25) is 0 Å². The van der Waals surface area contributed by atoms with Gasteiger partial charge in [0.15, 0.2) is 5.82 Å². The molecule has 0 amide bonds. The van der Waals surface area contributed by atoms with Crippen LogP contribution in [0, 0.1) is 6.92 Å². The first-order chi connectivity index (χ1) is 12.0. The molecule has 3 rings (SSSR count). The van der Waals surface area contributed by atoms with Crippen LogP contribution in [0.1, 0.15) is 49.2 Å². The average Bonchev–Trinajstić information content (AvgIpc) is 3.24. The van der Waals surface area contributed by atoms with Gasteiger partial charge in [0.1, 0.15) is 11.4 Å². The summed E-state index contributed by atoms with van der Waals surface area (Å²) in [6, 6.07) is 5.86. The zero-order valence-electron chi connectivity index (χ0n) is 14.8. The fourth-order valence-electron chi connectivity index (χ4n) is 2.22. The largest absolute Gasteiger partial charge is 0.494 e. The highest BCUT2D eigenvalue weighted by molar-refractivity contribution is 7.99. The van der Waals surface area contributed by atoms with Gasteiger partial charge in [-0.05, 0) is 42.0 Å². The maximum atomic E-state index is 5.43. The van der Waals surface area contributed by atoms with Crippen molar-refractivity contribution in [3.63, 3.8) is 0 Å². The summed E-state index contributed by atoms with van der Waals surface area (Å²) >= 11 is 1.45. The second-order valence-electron chi connectivity index (χ2n) is 5.95. The molecule has 25 heavy (non-hydrogen) atoms. The van der Waals surface area contributed by atoms with Crippen molar-refractivity contribution in [3.8, 4) is 11.4 Å². The van der Waals surface area contributed by atoms with Crippen LogP contribution in [0.4, 0.5) is 0 Å². The van der Waals surface area contributed by atoms with Gasteiger partial charge in [-0.3, -0.25) is 0 Å². The molecule has 0 N–H and O–H groups in total. The molecule has 1 atom stereocenters. The summed E-state index contributed by atoms with van der Waals surface area (Å²) < 4.78 is 12.5. The number of benzene rings is 1. The SMILES string of the molecule is COc1ccc(C)cc1-n1nnnc1SC(C)c1nc(C(C)C)no1. The van der Waals surface area contributed by atoms with E-state index in [1.54, 1.807) is 11.8 Å². The Balaban J connectivity index is 1.88. The van der Waals surface area contributed by atoms with E-state index >= 15 is 0 Å². The van der Waals surface area contributed by atoms with Crippen molar-refractivity contribution < 1.29 is 9.26 Å². The molecule has 2 aromatic heterocycles. The predicted octanol–water partition coefficient (Wildman–Crippen LogP) is 3.34. The van der Waals surface area contributed by atoms with Crippen LogP contribution >= 0.6 is 11.8 Å². The van der Waals surface area contributed by atoms with E-state index in [1.807, 2.05) is 45.9 Å². The van der Waals surface area contributed by atoms with Gasteiger partial charge in [0, 0.05) is 5.92 Å². The first kappa shape index (κ1) is 17.4. The molecule has 132 valence electrons. The normalized spacial score (nSPS) is 12.6. The number of hydrogen-bond donors (Lipinski definition) is 0. The summed E-state index contributed by atoms with van der Waals surface area (Å²) in [6.07, 6.45) is 0. The Kier molecular flexibility index (Phi) is 5.03. The minimum Gasteiger partial charge on any atom is -0.494 e. The summed E-state index contributed by atoms with van der Waals surface area (Å²) in [7, 11) is 1.62. The number of ether oxygens (including phenoxy) is 1. The van der Waals surface area contributed by atoms with Crippen LogP contribution < -0.4 is 4.74 Å². The van der Waals surface area contributed by atoms with Gasteiger partial charge in [-0.25, -0.2) is 0 Å². The topological polar surface area (TPSA) is 91.8 Å². The van der Waals surface area contributed by atoms with Gasteiger partial charge >= 0.3 is 0 Å². The number of nitrogens with zero attached hydrogens (tertiary/aromatic N) is 6. The summed E-state index contributed by atoms with van der Waals surface area (Å²) in [6.45, 7) is 8.04. The number of rotatable bonds is 6. The molecule has 1 unspecified atom stereocenters. The van der Waals surface area contributed by atoms with Crippen molar-refractivity contribution in [2.24, 2.45) is 0 Å². The molecular formula is C16H20N6O2S. The summed E-state index contributed by atoms with van der Waals surface area (Å²) in [5.41, 5.74) is 1.88. The fraction of sp³-hybridized carbons (Fsp3) is 0.438.